The molecule has 0 bridgehead atoms. The van der Waals surface area contributed by atoms with Crippen molar-refractivity contribution in [3.63, 3.8) is 0 Å². The molecule has 0 amide bonds. The van der Waals surface area contributed by atoms with Gasteiger partial charge in [-0.15, -0.1) is 22.7 Å². The van der Waals surface area contributed by atoms with Gasteiger partial charge in [-0.3, -0.25) is 0 Å². The first-order valence-electron chi connectivity index (χ1n) is 7.79. The summed E-state index contributed by atoms with van der Waals surface area (Å²) in [4.78, 5) is 0.627. The van der Waals surface area contributed by atoms with Gasteiger partial charge in [0.2, 0.25) is 10.0 Å². The van der Waals surface area contributed by atoms with E-state index in [9.17, 15) is 16.8 Å². The number of benzene rings is 1. The number of nitrogens with one attached hydrogen (secondary N) is 1. The summed E-state index contributed by atoms with van der Waals surface area (Å²) < 4.78 is 58.8. The van der Waals surface area contributed by atoms with Crippen LogP contribution in [0.4, 0.5) is 0 Å². The lowest BCUT2D eigenvalue weighted by molar-refractivity contribution is 0.414. The lowest BCUT2D eigenvalue weighted by Crippen LogP contribution is -2.31. The number of sulfonamides is 1. The maximum atomic E-state index is 13.0. The smallest absolute Gasteiger partial charge is 0.240 e. The largest absolute Gasteiger partial charge is 0.497 e. The van der Waals surface area contributed by atoms with Gasteiger partial charge in [-0.05, 0) is 47.2 Å². The summed E-state index contributed by atoms with van der Waals surface area (Å²) in [7, 11) is -6.09. The minimum absolute atomic E-state index is 0.0433. The van der Waals surface area contributed by atoms with Crippen molar-refractivity contribution >= 4 is 42.5 Å². The molecule has 1 aromatic carbocycles. The van der Waals surface area contributed by atoms with Crippen molar-refractivity contribution in [3.8, 4) is 5.75 Å². The molecule has 0 saturated heterocycles. The third kappa shape index (κ3) is 4.41. The average Bonchev–Trinajstić information content (AvgIpc) is 3.36. The predicted octanol–water partition coefficient (Wildman–Crippen LogP) is 3.31. The molecule has 0 aliphatic heterocycles. The highest BCUT2D eigenvalue weighted by Gasteiger charge is 2.32. The van der Waals surface area contributed by atoms with Gasteiger partial charge in [0.05, 0.1) is 12.0 Å². The summed E-state index contributed by atoms with van der Waals surface area (Å²) in [5.74, 6) is 0.533. The summed E-state index contributed by atoms with van der Waals surface area (Å²) in [5.41, 5.74) is 0. The highest BCUT2D eigenvalue weighted by Crippen LogP contribution is 2.33. The summed E-state index contributed by atoms with van der Waals surface area (Å²) >= 11 is 2.40. The zero-order chi connectivity index (χ0) is 19.5. The summed E-state index contributed by atoms with van der Waals surface area (Å²) in [5, 5.41) is 2.45. The van der Waals surface area contributed by atoms with Crippen molar-refractivity contribution in [2.24, 2.45) is 0 Å². The Morgan fingerprint density at radius 1 is 0.963 bits per heavy atom. The lowest BCUT2D eigenvalue weighted by atomic mass is 10.3. The van der Waals surface area contributed by atoms with Gasteiger partial charge in [-0.2, -0.15) is 0 Å². The molecular formula is C17H17NO5S4. The predicted molar refractivity (Wildman–Crippen MR) is 107 cm³/mol. The van der Waals surface area contributed by atoms with Gasteiger partial charge in [-0.1, -0.05) is 12.1 Å². The number of ether oxygens (including phenoxy) is 1. The van der Waals surface area contributed by atoms with Crippen LogP contribution >= 0.6 is 22.7 Å². The second kappa shape index (κ2) is 8.11. The van der Waals surface area contributed by atoms with Gasteiger partial charge in [0.25, 0.3) is 0 Å². The normalized spacial score (nSPS) is 13.4. The van der Waals surface area contributed by atoms with E-state index in [0.29, 0.717) is 10.6 Å². The Hall–Kier alpha value is -1.72. The van der Waals surface area contributed by atoms with Crippen molar-refractivity contribution < 1.29 is 21.6 Å². The van der Waals surface area contributed by atoms with Gasteiger partial charge in [0.1, 0.15) is 15.2 Å². The standard InChI is InChI=1S/C17H17NO5S4/c1-23-13-6-8-14(9-7-13)27(21,22)18-12-16(15-4-2-10-24-15)26(19,20)17-5-3-11-25-17/h2-11,16,18H,12H2,1H3/t16-/m1/s1. The monoisotopic (exact) mass is 443 g/mol. The number of hydrogen-bond donors (Lipinski definition) is 1. The Labute approximate surface area is 166 Å². The van der Waals surface area contributed by atoms with E-state index in [2.05, 4.69) is 4.72 Å². The topological polar surface area (TPSA) is 89.5 Å². The molecule has 0 aliphatic carbocycles. The molecule has 0 spiro atoms. The van der Waals surface area contributed by atoms with Crippen LogP contribution in [0.15, 0.2) is 68.4 Å². The van der Waals surface area contributed by atoms with E-state index in [1.807, 2.05) is 0 Å². The second-order valence-corrected chi connectivity index (χ2v) is 11.6. The van der Waals surface area contributed by atoms with Crippen LogP contribution in [0.3, 0.4) is 0 Å². The Morgan fingerprint density at radius 2 is 1.63 bits per heavy atom. The summed E-state index contributed by atoms with van der Waals surface area (Å²) in [6, 6.07) is 12.5. The van der Waals surface area contributed by atoms with E-state index in [1.54, 1.807) is 29.0 Å². The minimum Gasteiger partial charge on any atom is -0.497 e. The van der Waals surface area contributed by atoms with Crippen LogP contribution in [0.1, 0.15) is 10.1 Å². The van der Waals surface area contributed by atoms with Crippen molar-refractivity contribution in [2.75, 3.05) is 13.7 Å². The number of rotatable bonds is 8. The molecule has 144 valence electrons. The number of methoxy groups -OCH3 is 1. The van der Waals surface area contributed by atoms with Crippen LogP contribution in [0.25, 0.3) is 0 Å². The first kappa shape index (κ1) is 20.0. The van der Waals surface area contributed by atoms with E-state index in [-0.39, 0.29) is 15.6 Å². The highest BCUT2D eigenvalue weighted by molar-refractivity contribution is 7.94. The van der Waals surface area contributed by atoms with Crippen LogP contribution in [-0.2, 0) is 19.9 Å². The number of hydrogen-bond acceptors (Lipinski definition) is 7. The average molecular weight is 444 g/mol. The fourth-order valence-electron chi connectivity index (χ4n) is 2.43. The number of sulfone groups is 1. The third-order valence-electron chi connectivity index (χ3n) is 3.84. The van der Waals surface area contributed by atoms with Crippen molar-refractivity contribution in [3.05, 3.63) is 64.2 Å². The van der Waals surface area contributed by atoms with Crippen molar-refractivity contribution in [2.45, 2.75) is 14.4 Å². The van der Waals surface area contributed by atoms with Gasteiger partial charge in [-0.25, -0.2) is 21.6 Å². The highest BCUT2D eigenvalue weighted by atomic mass is 32.2. The third-order valence-corrected chi connectivity index (χ3v) is 9.93. The molecule has 0 radical (unpaired) electrons. The molecule has 10 heteroatoms. The Balaban J connectivity index is 1.87. The molecule has 1 N–H and O–H groups in total. The quantitative estimate of drug-likeness (QED) is 0.577. The Bertz CT molecular complexity index is 1070. The van der Waals surface area contributed by atoms with E-state index in [4.69, 9.17) is 4.74 Å². The SMILES string of the molecule is COc1ccc(S(=O)(=O)NC[C@H](c2cccs2)S(=O)(=O)c2cccs2)cc1. The van der Waals surface area contributed by atoms with Gasteiger partial charge >= 0.3 is 0 Å². The molecule has 1 atom stereocenters. The zero-order valence-electron chi connectivity index (χ0n) is 14.2. The molecule has 2 aromatic heterocycles. The molecule has 6 nitrogen and oxygen atoms in total. The van der Waals surface area contributed by atoms with Crippen molar-refractivity contribution in [1.29, 1.82) is 0 Å². The van der Waals surface area contributed by atoms with E-state index >= 15 is 0 Å². The molecule has 0 fully saturated rings. The van der Waals surface area contributed by atoms with Crippen LogP contribution in [0.5, 0.6) is 5.75 Å². The van der Waals surface area contributed by atoms with Gasteiger partial charge in [0.15, 0.2) is 9.84 Å². The molecular weight excluding hydrogens is 426 g/mol. The van der Waals surface area contributed by atoms with Gasteiger partial charge < -0.3 is 4.74 Å². The van der Waals surface area contributed by atoms with Crippen LogP contribution in [-0.4, -0.2) is 30.5 Å². The van der Waals surface area contributed by atoms with Crippen LogP contribution < -0.4 is 9.46 Å². The molecule has 0 unspecified atom stereocenters. The minimum atomic E-state index is -3.86. The second-order valence-electron chi connectivity index (χ2n) is 5.51. The van der Waals surface area contributed by atoms with Crippen molar-refractivity contribution in [1.82, 2.24) is 4.72 Å². The first-order chi connectivity index (χ1) is 12.8. The number of thiophene rings is 2. The fraction of sp³-hybridized carbons (Fsp3) is 0.176. The summed E-state index contributed by atoms with van der Waals surface area (Å²) in [6.07, 6.45) is 0. The fourth-order valence-corrected chi connectivity index (χ4v) is 7.57. The first-order valence-corrected chi connectivity index (χ1v) is 12.6. The molecule has 27 heavy (non-hydrogen) atoms. The molecule has 3 rings (SSSR count). The van der Waals surface area contributed by atoms with E-state index in [1.165, 1.54) is 48.8 Å². The van der Waals surface area contributed by atoms with Gasteiger partial charge in [0, 0.05) is 11.4 Å². The summed E-state index contributed by atoms with van der Waals surface area (Å²) in [6.45, 7) is -0.255. The maximum absolute atomic E-state index is 13.0. The Kier molecular flexibility index (Phi) is 6.02. The molecule has 3 aromatic rings. The van der Waals surface area contributed by atoms with E-state index < -0.39 is 25.1 Å². The lowest BCUT2D eigenvalue weighted by Gasteiger charge is -2.16. The van der Waals surface area contributed by atoms with E-state index in [0.717, 1.165) is 11.3 Å². The molecule has 0 saturated carbocycles. The van der Waals surface area contributed by atoms with Crippen LogP contribution in [0, 0.1) is 0 Å². The maximum Gasteiger partial charge on any atom is 0.240 e. The molecule has 2 heterocycles. The Morgan fingerprint density at radius 3 is 2.19 bits per heavy atom. The molecule has 0 aliphatic rings. The van der Waals surface area contributed by atoms with Crippen LogP contribution in [0.2, 0.25) is 0 Å². The zero-order valence-corrected chi connectivity index (χ0v) is 17.5.